The maximum Gasteiger partial charge on any atom is 0.411 e. The number of nitrogens with one attached hydrogen (secondary N) is 2. The highest BCUT2D eigenvalue weighted by Gasteiger charge is 2.52. The molecule has 2 aromatic carbocycles. The Labute approximate surface area is 225 Å². The van der Waals surface area contributed by atoms with Gasteiger partial charge in [-0.1, -0.05) is 24.3 Å². The normalized spacial score (nSPS) is 22.2. The maximum atomic E-state index is 15.1. The van der Waals surface area contributed by atoms with Crippen LogP contribution in [-0.2, 0) is 27.2 Å². The number of likely N-dealkylation sites (tertiary alicyclic amines) is 1. The molecule has 204 valence electrons. The van der Waals surface area contributed by atoms with Crippen molar-refractivity contribution in [1.29, 1.82) is 5.26 Å². The minimum Gasteiger partial charge on any atom is -0.444 e. The number of hydrogen-bond donors (Lipinski definition) is 2. The molecule has 2 aromatic rings. The monoisotopic (exact) mass is 536 g/mol. The van der Waals surface area contributed by atoms with Gasteiger partial charge in [0, 0.05) is 23.7 Å². The molecule has 3 aliphatic rings. The molecule has 1 saturated heterocycles. The van der Waals surface area contributed by atoms with Crippen molar-refractivity contribution in [2.75, 3.05) is 5.32 Å². The highest BCUT2D eigenvalue weighted by Crippen LogP contribution is 2.43. The average molecular weight is 537 g/mol. The fourth-order valence-electron chi connectivity index (χ4n) is 5.86. The molecule has 0 aromatic heterocycles. The Hall–Kier alpha value is -4.00. The Morgan fingerprint density at radius 2 is 1.97 bits per heavy atom. The summed E-state index contributed by atoms with van der Waals surface area (Å²) < 4.78 is 35.8. The number of nitriles is 1. The Morgan fingerprint density at radius 3 is 2.69 bits per heavy atom. The molecule has 1 saturated carbocycles. The third kappa shape index (κ3) is 5.18. The zero-order valence-corrected chi connectivity index (χ0v) is 22.0. The fraction of sp³-hybridized carbons (Fsp3) is 0.448. The zero-order valence-electron chi connectivity index (χ0n) is 22.0. The first kappa shape index (κ1) is 26.6. The second-order valence-corrected chi connectivity index (χ2v) is 11.5. The number of piperidine rings is 1. The van der Waals surface area contributed by atoms with Crippen LogP contribution >= 0.6 is 0 Å². The van der Waals surface area contributed by atoms with Gasteiger partial charge in [-0.15, -0.1) is 0 Å². The van der Waals surface area contributed by atoms with Crippen molar-refractivity contribution in [3.8, 4) is 17.2 Å². The number of hydrogen-bond acceptors (Lipinski definition) is 5. The molecule has 8 nitrogen and oxygen atoms in total. The van der Waals surface area contributed by atoms with Crippen molar-refractivity contribution in [2.45, 2.75) is 76.6 Å². The lowest BCUT2D eigenvalue weighted by atomic mass is 9.96. The molecule has 2 fully saturated rings. The van der Waals surface area contributed by atoms with Crippen LogP contribution in [0.4, 0.5) is 19.3 Å². The predicted molar refractivity (Wildman–Crippen MR) is 138 cm³/mol. The van der Waals surface area contributed by atoms with Gasteiger partial charge in [0.2, 0.25) is 11.8 Å². The number of benzene rings is 2. The van der Waals surface area contributed by atoms with Gasteiger partial charge >= 0.3 is 6.09 Å². The summed E-state index contributed by atoms with van der Waals surface area (Å²) in [6.45, 7) is 5.25. The quantitative estimate of drug-likeness (QED) is 0.586. The van der Waals surface area contributed by atoms with Gasteiger partial charge in [-0.25, -0.2) is 13.6 Å². The number of fused-ring (bicyclic) bond motifs is 3. The lowest BCUT2D eigenvalue weighted by Crippen LogP contribution is -2.55. The third-order valence-corrected chi connectivity index (χ3v) is 7.56. The van der Waals surface area contributed by atoms with E-state index in [1.807, 2.05) is 6.07 Å². The summed E-state index contributed by atoms with van der Waals surface area (Å²) in [6.07, 6.45) is 1.67. The van der Waals surface area contributed by atoms with Gasteiger partial charge in [0.15, 0.2) is 11.6 Å². The number of carbonyl (C=O) groups excluding carboxylic acids is 3. The van der Waals surface area contributed by atoms with Crippen LogP contribution in [0.1, 0.15) is 51.2 Å². The van der Waals surface area contributed by atoms with Gasteiger partial charge in [-0.3, -0.25) is 14.5 Å². The number of rotatable bonds is 5. The van der Waals surface area contributed by atoms with Crippen molar-refractivity contribution in [3.63, 3.8) is 0 Å². The van der Waals surface area contributed by atoms with Gasteiger partial charge in [-0.05, 0) is 68.7 Å². The number of carbonyl (C=O) groups is 3. The van der Waals surface area contributed by atoms with Gasteiger partial charge in [0.25, 0.3) is 0 Å². The van der Waals surface area contributed by atoms with Crippen LogP contribution < -0.4 is 10.6 Å². The van der Waals surface area contributed by atoms with Crippen molar-refractivity contribution in [3.05, 3.63) is 53.1 Å². The molecule has 0 radical (unpaired) electrons. The molecular formula is C29H30F2N4O4. The second-order valence-electron chi connectivity index (χ2n) is 11.5. The molecule has 10 heteroatoms. The molecule has 0 spiro atoms. The molecule has 1 aliphatic carbocycles. The molecule has 39 heavy (non-hydrogen) atoms. The van der Waals surface area contributed by atoms with E-state index in [0.29, 0.717) is 17.7 Å². The van der Waals surface area contributed by atoms with Crippen molar-refractivity contribution < 1.29 is 27.9 Å². The van der Waals surface area contributed by atoms with Crippen molar-refractivity contribution in [2.24, 2.45) is 5.92 Å². The molecule has 2 N–H and O–H groups in total. The minimum absolute atomic E-state index is 0.0210. The summed E-state index contributed by atoms with van der Waals surface area (Å²) in [5.74, 6) is -2.90. The van der Waals surface area contributed by atoms with Crippen LogP contribution in [-0.4, -0.2) is 46.5 Å². The first-order chi connectivity index (χ1) is 18.4. The lowest BCUT2D eigenvalue weighted by Gasteiger charge is -2.35. The summed E-state index contributed by atoms with van der Waals surface area (Å²) in [6, 6.07) is 7.68. The van der Waals surface area contributed by atoms with Gasteiger partial charge < -0.3 is 15.4 Å². The molecule has 2 heterocycles. The van der Waals surface area contributed by atoms with Gasteiger partial charge in [0.1, 0.15) is 17.7 Å². The van der Waals surface area contributed by atoms with Gasteiger partial charge in [0.05, 0.1) is 12.5 Å². The van der Waals surface area contributed by atoms with E-state index in [4.69, 9.17) is 4.74 Å². The van der Waals surface area contributed by atoms with Crippen LogP contribution in [0.2, 0.25) is 0 Å². The summed E-state index contributed by atoms with van der Waals surface area (Å²) in [4.78, 5) is 39.2. The summed E-state index contributed by atoms with van der Waals surface area (Å²) in [7, 11) is 0. The summed E-state index contributed by atoms with van der Waals surface area (Å²) in [5.41, 5.74) is 0.991. The average Bonchev–Trinajstić information content (AvgIpc) is 3.58. The zero-order chi connectivity index (χ0) is 28.1. The predicted octanol–water partition coefficient (Wildman–Crippen LogP) is 4.47. The topological polar surface area (TPSA) is 112 Å². The number of amides is 3. The first-order valence-corrected chi connectivity index (χ1v) is 13.1. The molecule has 2 aliphatic heterocycles. The second kappa shape index (κ2) is 9.95. The van der Waals surface area contributed by atoms with E-state index in [1.165, 1.54) is 17.0 Å². The van der Waals surface area contributed by atoms with Crippen molar-refractivity contribution >= 4 is 23.6 Å². The number of anilines is 1. The maximum absolute atomic E-state index is 15.1. The van der Waals surface area contributed by atoms with E-state index >= 15 is 8.78 Å². The molecule has 4 atom stereocenters. The number of ether oxygens (including phenoxy) is 1. The Bertz CT molecular complexity index is 1400. The van der Waals surface area contributed by atoms with E-state index in [9.17, 15) is 19.6 Å². The highest BCUT2D eigenvalue weighted by atomic mass is 19.2. The SMILES string of the molecule is CC(C)(C)OC(=O)N1C2CCC(C2)C1C(=O)NC(C#N)Cc1ccc(-c2ccc3c(c2)NC(=O)C3)c(F)c1F. The number of nitrogens with zero attached hydrogens (tertiary/aromatic N) is 2. The molecule has 5 rings (SSSR count). The summed E-state index contributed by atoms with van der Waals surface area (Å²) in [5, 5.41) is 15.1. The van der Waals surface area contributed by atoms with Crippen LogP contribution in [0.5, 0.6) is 0 Å². The van der Waals surface area contributed by atoms with E-state index < -0.39 is 41.3 Å². The first-order valence-electron chi connectivity index (χ1n) is 13.1. The largest absolute Gasteiger partial charge is 0.444 e. The Balaban J connectivity index is 1.31. The van der Waals surface area contributed by atoms with Crippen molar-refractivity contribution in [1.82, 2.24) is 10.2 Å². The van der Waals surface area contributed by atoms with Crippen LogP contribution in [0, 0.1) is 28.9 Å². The molecular weight excluding hydrogens is 506 g/mol. The third-order valence-electron chi connectivity index (χ3n) is 7.56. The van der Waals surface area contributed by atoms with E-state index in [2.05, 4.69) is 10.6 Å². The van der Waals surface area contributed by atoms with Crippen LogP contribution in [0.25, 0.3) is 11.1 Å². The van der Waals surface area contributed by atoms with E-state index in [-0.39, 0.29) is 41.8 Å². The molecule has 3 amide bonds. The van der Waals surface area contributed by atoms with Gasteiger partial charge in [-0.2, -0.15) is 5.26 Å². The standard InChI is InChI=1S/C29H30F2N4O4/c1-29(2,3)39-28(38)35-20-8-6-18(11-20)26(35)27(37)33-19(14-32)10-17-7-9-21(25(31)24(17)30)15-4-5-16-13-23(36)34-22(16)12-15/h4-5,7,9,12,18-20,26H,6,8,10-11,13H2,1-3H3,(H,33,37)(H,34,36). The Kier molecular flexibility index (Phi) is 6.79. The van der Waals surface area contributed by atoms with E-state index in [1.54, 1.807) is 39.0 Å². The summed E-state index contributed by atoms with van der Waals surface area (Å²) >= 11 is 0. The highest BCUT2D eigenvalue weighted by molar-refractivity contribution is 6.00. The Morgan fingerprint density at radius 1 is 1.21 bits per heavy atom. The fourth-order valence-corrected chi connectivity index (χ4v) is 5.86. The lowest BCUT2D eigenvalue weighted by molar-refractivity contribution is -0.128. The molecule has 2 bridgehead atoms. The smallest absolute Gasteiger partial charge is 0.411 e. The number of halogens is 2. The van der Waals surface area contributed by atoms with Crippen LogP contribution in [0.3, 0.4) is 0 Å². The van der Waals surface area contributed by atoms with E-state index in [0.717, 1.165) is 18.4 Å². The minimum atomic E-state index is -1.13. The van der Waals surface area contributed by atoms with Crippen LogP contribution in [0.15, 0.2) is 30.3 Å². The molecule has 4 unspecified atom stereocenters.